The van der Waals surface area contributed by atoms with Gasteiger partial charge >= 0.3 is 5.69 Å². The van der Waals surface area contributed by atoms with Gasteiger partial charge in [0.1, 0.15) is 18.7 Å². The van der Waals surface area contributed by atoms with E-state index < -0.39 is 4.92 Å². The quantitative estimate of drug-likeness (QED) is 0.407. The molecule has 0 unspecified atom stereocenters. The summed E-state index contributed by atoms with van der Waals surface area (Å²) in [7, 11) is 0. The minimum absolute atomic E-state index is 0.0883. The molecule has 11 nitrogen and oxygen atoms in total. The molecule has 0 bridgehead atoms. The first-order valence-electron chi connectivity index (χ1n) is 4.34. The third-order valence-electron chi connectivity index (χ3n) is 1.92. The van der Waals surface area contributed by atoms with Crippen LogP contribution in [-0.2, 0) is 0 Å². The maximum absolute atomic E-state index is 10.5. The van der Waals surface area contributed by atoms with Gasteiger partial charge in [-0.3, -0.25) is 10.1 Å². The summed E-state index contributed by atoms with van der Waals surface area (Å²) in [4.78, 5) is 9.93. The molecule has 0 saturated carbocycles. The molecule has 0 fully saturated rings. The lowest BCUT2D eigenvalue weighted by atomic mass is 10.6. The van der Waals surface area contributed by atoms with Crippen molar-refractivity contribution in [2.45, 2.75) is 0 Å². The normalized spacial score (nSPS) is 10.8. The van der Waals surface area contributed by atoms with E-state index in [-0.39, 0.29) is 17.4 Å². The molecule has 84 valence electrons. The second kappa shape index (κ2) is 3.26. The minimum Gasteiger partial charge on any atom is -0.258 e. The van der Waals surface area contributed by atoms with Crippen LogP contribution in [0, 0.1) is 10.1 Å². The Morgan fingerprint density at radius 1 is 1.29 bits per heavy atom. The van der Waals surface area contributed by atoms with Crippen LogP contribution in [0.2, 0.25) is 0 Å². The molecule has 3 rings (SSSR count). The van der Waals surface area contributed by atoms with E-state index in [1.54, 1.807) is 0 Å². The molecule has 11 heteroatoms. The molecule has 0 N–H and O–H groups in total. The summed E-state index contributed by atoms with van der Waals surface area (Å²) >= 11 is 0. The van der Waals surface area contributed by atoms with E-state index in [1.807, 2.05) is 0 Å². The Kier molecular flexibility index (Phi) is 1.78. The number of fused-ring (bicyclic) bond motifs is 1. The van der Waals surface area contributed by atoms with Gasteiger partial charge in [-0.25, -0.2) is 0 Å². The number of hydrogen-bond acceptors (Lipinski definition) is 8. The lowest BCUT2D eigenvalue weighted by Gasteiger charge is -1.95. The Bertz CT molecular complexity index is 700. The average molecular weight is 233 g/mol. The molecule has 0 aromatic carbocycles. The zero-order chi connectivity index (χ0) is 11.8. The highest BCUT2D eigenvalue weighted by Crippen LogP contribution is 2.09. The van der Waals surface area contributed by atoms with Gasteiger partial charge in [0.2, 0.25) is 0 Å². The van der Waals surface area contributed by atoms with Crippen molar-refractivity contribution in [1.82, 2.24) is 39.8 Å². The Hall–Kier alpha value is -2.98. The molecule has 3 heterocycles. The van der Waals surface area contributed by atoms with Crippen LogP contribution in [0.5, 0.6) is 0 Å². The van der Waals surface area contributed by atoms with Gasteiger partial charge in [-0.05, 0) is 0 Å². The first-order valence-corrected chi connectivity index (χ1v) is 4.34. The summed E-state index contributed by atoms with van der Waals surface area (Å²) in [5, 5.41) is 32.9. The van der Waals surface area contributed by atoms with Crippen molar-refractivity contribution >= 4 is 11.5 Å². The highest BCUT2D eigenvalue weighted by atomic mass is 16.6. The number of rotatable bonds is 2. The van der Waals surface area contributed by atoms with E-state index in [9.17, 15) is 10.1 Å². The van der Waals surface area contributed by atoms with Crippen LogP contribution < -0.4 is 0 Å². The molecular weight excluding hydrogens is 230 g/mol. The number of nitro groups is 1. The van der Waals surface area contributed by atoms with Crippen LogP contribution >= 0.6 is 0 Å². The number of hydrogen-bond donors (Lipinski definition) is 0. The fourth-order valence-corrected chi connectivity index (χ4v) is 1.17. The Morgan fingerprint density at radius 2 is 2.18 bits per heavy atom. The first kappa shape index (κ1) is 9.26. The lowest BCUT2D eigenvalue weighted by Crippen LogP contribution is -2.07. The Labute approximate surface area is 91.9 Å². The lowest BCUT2D eigenvalue weighted by molar-refractivity contribution is -0.384. The Balaban J connectivity index is 2.09. The van der Waals surface area contributed by atoms with Crippen molar-refractivity contribution in [2.75, 3.05) is 0 Å². The number of aromatic nitrogens is 8. The molecule has 0 atom stereocenters. The smallest absolute Gasteiger partial charge is 0.258 e. The molecule has 0 aliphatic heterocycles. The molecule has 0 aliphatic carbocycles. The van der Waals surface area contributed by atoms with E-state index in [4.69, 9.17) is 0 Å². The van der Waals surface area contributed by atoms with Crippen molar-refractivity contribution < 1.29 is 4.92 Å². The summed E-state index contributed by atoms with van der Waals surface area (Å²) in [6.45, 7) is 0. The highest BCUT2D eigenvalue weighted by Gasteiger charge is 2.12. The van der Waals surface area contributed by atoms with Crippen molar-refractivity contribution in [1.29, 1.82) is 0 Å². The van der Waals surface area contributed by atoms with Crippen LogP contribution in [0.1, 0.15) is 0 Å². The molecule has 0 aliphatic rings. The van der Waals surface area contributed by atoms with Crippen molar-refractivity contribution in [3.63, 3.8) is 0 Å². The van der Waals surface area contributed by atoms with Crippen LogP contribution in [0.25, 0.3) is 11.7 Å². The molecule has 0 radical (unpaired) electrons. The SMILES string of the molecule is O=[N+]([O-])c1cnn(-c2nnc3nncn3n2)c1. The van der Waals surface area contributed by atoms with Crippen LogP contribution in [0.3, 0.4) is 0 Å². The maximum Gasteiger partial charge on any atom is 0.307 e. The van der Waals surface area contributed by atoms with Crippen molar-refractivity contribution in [2.24, 2.45) is 0 Å². The monoisotopic (exact) mass is 233 g/mol. The highest BCUT2D eigenvalue weighted by molar-refractivity contribution is 5.26. The summed E-state index contributed by atoms with van der Waals surface area (Å²) in [5.41, 5.74) is -0.155. The molecule has 17 heavy (non-hydrogen) atoms. The van der Waals surface area contributed by atoms with Gasteiger partial charge in [0, 0.05) is 0 Å². The van der Waals surface area contributed by atoms with E-state index in [0.29, 0.717) is 0 Å². The van der Waals surface area contributed by atoms with Gasteiger partial charge < -0.3 is 0 Å². The fraction of sp³-hybridized carbons (Fsp3) is 0. The van der Waals surface area contributed by atoms with E-state index in [2.05, 4.69) is 30.6 Å². The minimum atomic E-state index is -0.561. The van der Waals surface area contributed by atoms with Crippen molar-refractivity contribution in [3.05, 3.63) is 28.8 Å². The number of nitrogens with zero attached hydrogens (tertiary/aromatic N) is 9. The molecule has 3 aromatic rings. The van der Waals surface area contributed by atoms with Gasteiger partial charge in [-0.2, -0.15) is 14.3 Å². The maximum atomic E-state index is 10.5. The van der Waals surface area contributed by atoms with E-state index in [0.717, 1.165) is 10.9 Å². The van der Waals surface area contributed by atoms with E-state index >= 15 is 0 Å². The standard InChI is InChI=1S/C6H3N9O2/c16-15(17)4-1-8-13(2-4)6-11-10-5-9-7-3-14(5)12-6/h1-3H. The molecular formula is C6H3N9O2. The zero-order valence-electron chi connectivity index (χ0n) is 8.07. The average Bonchev–Trinajstić information content (AvgIpc) is 2.97. The van der Waals surface area contributed by atoms with Gasteiger partial charge in [0.15, 0.2) is 0 Å². The summed E-state index contributed by atoms with van der Waals surface area (Å²) < 4.78 is 2.43. The molecule has 0 saturated heterocycles. The summed E-state index contributed by atoms with van der Waals surface area (Å²) in [6, 6.07) is 0. The largest absolute Gasteiger partial charge is 0.307 e. The summed E-state index contributed by atoms with van der Waals surface area (Å²) in [5.74, 6) is 0.320. The predicted molar refractivity (Wildman–Crippen MR) is 50.1 cm³/mol. The van der Waals surface area contributed by atoms with Crippen LogP contribution in [-0.4, -0.2) is 44.7 Å². The zero-order valence-corrected chi connectivity index (χ0v) is 8.07. The Morgan fingerprint density at radius 3 is 2.94 bits per heavy atom. The third-order valence-corrected chi connectivity index (χ3v) is 1.92. The van der Waals surface area contributed by atoms with Gasteiger partial charge in [-0.1, -0.05) is 0 Å². The second-order valence-corrected chi connectivity index (χ2v) is 2.98. The van der Waals surface area contributed by atoms with Crippen molar-refractivity contribution in [3.8, 4) is 5.95 Å². The molecule has 0 amide bonds. The molecule has 3 aromatic heterocycles. The van der Waals surface area contributed by atoms with Gasteiger partial charge in [-0.15, -0.1) is 25.5 Å². The predicted octanol–water partition coefficient (Wildman–Crippen LogP) is -0.992. The van der Waals surface area contributed by atoms with E-state index in [1.165, 1.54) is 17.0 Å². The fourth-order valence-electron chi connectivity index (χ4n) is 1.17. The first-order chi connectivity index (χ1) is 8.24. The molecule has 0 spiro atoms. The summed E-state index contributed by atoms with van der Waals surface area (Å²) in [6.07, 6.45) is 3.62. The third kappa shape index (κ3) is 1.45. The second-order valence-electron chi connectivity index (χ2n) is 2.98. The van der Waals surface area contributed by atoms with Gasteiger partial charge in [0.05, 0.1) is 4.92 Å². The van der Waals surface area contributed by atoms with Gasteiger partial charge in [0.25, 0.3) is 11.7 Å². The van der Waals surface area contributed by atoms with Crippen LogP contribution in [0.4, 0.5) is 5.69 Å². The topological polar surface area (TPSA) is 130 Å². The van der Waals surface area contributed by atoms with Crippen LogP contribution in [0.15, 0.2) is 18.7 Å².